The van der Waals surface area contributed by atoms with Crippen LogP contribution in [0.1, 0.15) is 16.9 Å². The van der Waals surface area contributed by atoms with Crippen LogP contribution in [0.15, 0.2) is 24.3 Å². The zero-order valence-corrected chi connectivity index (χ0v) is 6.96. The molecule has 2 atom stereocenters. The molecule has 1 aliphatic heterocycles. The van der Waals surface area contributed by atoms with Crippen molar-refractivity contribution >= 4 is 8.15 Å². The van der Waals surface area contributed by atoms with Gasteiger partial charge < -0.3 is 10.6 Å². The van der Waals surface area contributed by atoms with E-state index < -0.39 is 8.15 Å². The van der Waals surface area contributed by atoms with Crippen LogP contribution in [0.5, 0.6) is 0 Å². The van der Waals surface area contributed by atoms with Crippen LogP contribution < -0.4 is 5.73 Å². The molecule has 0 fully saturated rings. The lowest BCUT2D eigenvalue weighted by molar-refractivity contribution is 0.613. The van der Waals surface area contributed by atoms with E-state index in [1.807, 2.05) is 24.3 Å². The Labute approximate surface area is 66.9 Å². The molecule has 11 heavy (non-hydrogen) atoms. The zero-order valence-electron chi connectivity index (χ0n) is 6.07. The molecule has 0 aliphatic carbocycles. The summed E-state index contributed by atoms with van der Waals surface area (Å²) in [5, 5.41) is 0. The molecule has 0 amide bonds. The van der Waals surface area contributed by atoms with Crippen LogP contribution in [-0.2, 0) is 6.16 Å². The average molecular weight is 167 g/mol. The van der Waals surface area contributed by atoms with Gasteiger partial charge >= 0.3 is 0 Å². The largest absolute Gasteiger partial charge is 0.372 e. The van der Waals surface area contributed by atoms with Gasteiger partial charge in [-0.1, -0.05) is 24.3 Å². The number of rotatable bonds is 0. The van der Waals surface area contributed by atoms with E-state index in [1.165, 1.54) is 5.56 Å². The third-order valence-electron chi connectivity index (χ3n) is 2.03. The van der Waals surface area contributed by atoms with Gasteiger partial charge in [0.25, 0.3) is 0 Å². The van der Waals surface area contributed by atoms with E-state index in [0.717, 1.165) is 11.7 Å². The van der Waals surface area contributed by atoms with Crippen molar-refractivity contribution in [1.29, 1.82) is 0 Å². The Morgan fingerprint density at radius 1 is 1.45 bits per heavy atom. The maximum Gasteiger partial charge on any atom is 0.0750 e. The highest BCUT2D eigenvalue weighted by Gasteiger charge is 2.27. The van der Waals surface area contributed by atoms with Crippen LogP contribution in [-0.4, -0.2) is 4.89 Å². The van der Waals surface area contributed by atoms with E-state index in [-0.39, 0.29) is 5.78 Å². The molecule has 0 spiro atoms. The molecule has 0 bridgehead atoms. The fourth-order valence-electron chi connectivity index (χ4n) is 1.40. The van der Waals surface area contributed by atoms with Gasteiger partial charge in [0.15, 0.2) is 0 Å². The number of nitrogens with two attached hydrogens (primary N) is 1. The van der Waals surface area contributed by atoms with E-state index in [4.69, 9.17) is 5.73 Å². The first kappa shape index (κ1) is 7.23. The van der Waals surface area contributed by atoms with E-state index in [9.17, 15) is 4.89 Å². The van der Waals surface area contributed by atoms with Crippen molar-refractivity contribution in [2.45, 2.75) is 11.9 Å². The summed E-state index contributed by atoms with van der Waals surface area (Å²) in [5.74, 6) is -0.110. The van der Waals surface area contributed by atoms with Crippen LogP contribution in [0.3, 0.4) is 0 Å². The highest BCUT2D eigenvalue weighted by Crippen LogP contribution is 2.54. The van der Waals surface area contributed by atoms with Gasteiger partial charge in [0.2, 0.25) is 0 Å². The van der Waals surface area contributed by atoms with Gasteiger partial charge in [0.1, 0.15) is 0 Å². The summed E-state index contributed by atoms with van der Waals surface area (Å²) in [6, 6.07) is 7.99. The van der Waals surface area contributed by atoms with Gasteiger partial charge in [-0.05, 0) is 11.1 Å². The van der Waals surface area contributed by atoms with Crippen LogP contribution in [0, 0.1) is 0 Å². The fraction of sp³-hybridized carbons (Fsp3) is 0.250. The highest BCUT2D eigenvalue weighted by atomic mass is 31.1. The third-order valence-corrected chi connectivity index (χ3v) is 3.61. The van der Waals surface area contributed by atoms with Gasteiger partial charge in [0.05, 0.1) is 13.9 Å². The lowest BCUT2D eigenvalue weighted by atomic mass is 10.1. The molecule has 1 aliphatic rings. The molecular weight excluding hydrogens is 157 g/mol. The Kier molecular flexibility index (Phi) is 1.68. The molecule has 2 unspecified atom stereocenters. The Hall–Kier alpha value is -0.430. The summed E-state index contributed by atoms with van der Waals surface area (Å²) in [7, 11) is -0.975. The quantitative estimate of drug-likeness (QED) is 0.576. The molecule has 0 saturated carbocycles. The van der Waals surface area contributed by atoms with E-state index in [1.54, 1.807) is 0 Å². The topological polar surface area (TPSA) is 46.2 Å². The van der Waals surface area contributed by atoms with Crippen LogP contribution in [0.2, 0.25) is 0 Å². The molecule has 0 saturated heterocycles. The van der Waals surface area contributed by atoms with E-state index in [2.05, 4.69) is 0 Å². The molecule has 2 nitrogen and oxygen atoms in total. The van der Waals surface area contributed by atoms with Crippen LogP contribution in [0.4, 0.5) is 0 Å². The molecule has 1 heterocycles. The lowest BCUT2D eigenvalue weighted by Gasteiger charge is -2.07. The minimum Gasteiger partial charge on any atom is -0.372 e. The van der Waals surface area contributed by atoms with Crippen molar-refractivity contribution in [3.8, 4) is 0 Å². The molecule has 1 aromatic rings. The fourth-order valence-corrected chi connectivity index (χ4v) is 2.81. The molecule has 3 heteroatoms. The van der Waals surface area contributed by atoms with Crippen molar-refractivity contribution in [2.75, 3.05) is 0 Å². The second kappa shape index (κ2) is 2.56. The van der Waals surface area contributed by atoms with E-state index in [0.29, 0.717) is 0 Å². The predicted molar refractivity (Wildman–Crippen MR) is 46.2 cm³/mol. The lowest BCUT2D eigenvalue weighted by Crippen LogP contribution is -2.03. The summed E-state index contributed by atoms with van der Waals surface area (Å²) in [4.78, 5) is 9.46. The van der Waals surface area contributed by atoms with Gasteiger partial charge in [0, 0.05) is 6.16 Å². The number of benzene rings is 1. The second-order valence-electron chi connectivity index (χ2n) is 2.74. The van der Waals surface area contributed by atoms with Gasteiger partial charge in [-0.3, -0.25) is 0 Å². The first-order valence-electron chi connectivity index (χ1n) is 3.58. The Bertz CT molecular complexity index is 277. The highest BCUT2D eigenvalue weighted by molar-refractivity contribution is 7.51. The smallest absolute Gasteiger partial charge is 0.0750 e. The van der Waals surface area contributed by atoms with Crippen molar-refractivity contribution in [3.05, 3.63) is 35.4 Å². The number of hydrogen-bond acceptors (Lipinski definition) is 2. The molecule has 3 N–H and O–H groups in total. The Morgan fingerprint density at radius 2 is 2.18 bits per heavy atom. The van der Waals surface area contributed by atoms with Crippen LogP contribution >= 0.6 is 8.15 Å². The minimum atomic E-state index is -0.975. The molecular formula is C8H10NOP. The van der Waals surface area contributed by atoms with Gasteiger partial charge in [-0.2, -0.15) is 0 Å². The van der Waals surface area contributed by atoms with Crippen molar-refractivity contribution in [1.82, 2.24) is 0 Å². The standard InChI is InChI=1S/C8H10NOP/c9-8-7-4-2-1-3-6(7)5-11(8)10/h1-4,8,10H,5,9H2. The molecule has 1 aromatic carbocycles. The second-order valence-corrected chi connectivity index (χ2v) is 4.49. The maximum absolute atomic E-state index is 9.46. The summed E-state index contributed by atoms with van der Waals surface area (Å²) >= 11 is 0. The normalized spacial score (nSPS) is 28.5. The van der Waals surface area contributed by atoms with Gasteiger partial charge in [-0.25, -0.2) is 0 Å². The average Bonchev–Trinajstić information content (AvgIpc) is 2.30. The zero-order chi connectivity index (χ0) is 7.84. The van der Waals surface area contributed by atoms with Crippen molar-refractivity contribution < 1.29 is 4.89 Å². The SMILES string of the molecule is NC1c2ccccc2CP1O. The maximum atomic E-state index is 9.46. The van der Waals surface area contributed by atoms with Gasteiger partial charge in [-0.15, -0.1) is 0 Å². The number of fused-ring (bicyclic) bond motifs is 1. The summed E-state index contributed by atoms with van der Waals surface area (Å²) < 4.78 is 0. The first-order valence-corrected chi connectivity index (χ1v) is 5.13. The minimum absolute atomic E-state index is 0.110. The Morgan fingerprint density at radius 3 is 2.91 bits per heavy atom. The molecule has 58 valence electrons. The number of hydrogen-bond donors (Lipinski definition) is 2. The predicted octanol–water partition coefficient (Wildman–Crippen LogP) is 1.55. The van der Waals surface area contributed by atoms with Crippen molar-refractivity contribution in [3.63, 3.8) is 0 Å². The molecule has 2 rings (SSSR count). The third kappa shape index (κ3) is 1.08. The van der Waals surface area contributed by atoms with E-state index >= 15 is 0 Å². The van der Waals surface area contributed by atoms with Crippen molar-refractivity contribution in [2.24, 2.45) is 5.73 Å². The first-order chi connectivity index (χ1) is 5.29. The molecule has 0 radical (unpaired) electrons. The summed E-state index contributed by atoms with van der Waals surface area (Å²) in [6.07, 6.45) is 0.771. The summed E-state index contributed by atoms with van der Waals surface area (Å²) in [5.41, 5.74) is 8.11. The molecule has 0 aromatic heterocycles. The Balaban J connectivity index is 2.47. The monoisotopic (exact) mass is 167 g/mol. The summed E-state index contributed by atoms with van der Waals surface area (Å²) in [6.45, 7) is 0. The van der Waals surface area contributed by atoms with Crippen LogP contribution in [0.25, 0.3) is 0 Å².